The van der Waals surface area contributed by atoms with E-state index < -0.39 is 0 Å². The number of nitrogens with one attached hydrogen (secondary N) is 1. The third-order valence-corrected chi connectivity index (χ3v) is 5.36. The molecule has 140 valence electrons. The number of benzene rings is 4. The first kappa shape index (κ1) is 17.4. The van der Waals surface area contributed by atoms with Crippen LogP contribution in [0, 0.1) is 13.8 Å². The average molecular weight is 374 g/mol. The maximum absolute atomic E-state index is 4.93. The summed E-state index contributed by atoms with van der Waals surface area (Å²) in [6, 6.07) is 32.0. The maximum Gasteiger partial charge on any atom is 0.0731 e. The molecule has 0 bridgehead atoms. The molecule has 4 aromatic carbocycles. The lowest BCUT2D eigenvalue weighted by Crippen LogP contribution is -1.96. The van der Waals surface area contributed by atoms with Gasteiger partial charge in [0, 0.05) is 16.5 Å². The minimum atomic E-state index is 0.996. The number of hydrogen-bond donors (Lipinski definition) is 1. The number of hydrogen-bond acceptors (Lipinski definition) is 2. The SMILES string of the molecule is Cc1ccc(Nc2c3cc(C)ccc3nc3ccc(-c4ccccc4)cc23)cc1. The molecule has 0 aliphatic carbocycles. The monoisotopic (exact) mass is 374 g/mol. The van der Waals surface area contributed by atoms with Crippen LogP contribution >= 0.6 is 0 Å². The molecular formula is C27H22N2. The average Bonchev–Trinajstić information content (AvgIpc) is 2.76. The van der Waals surface area contributed by atoms with Crippen molar-refractivity contribution in [1.82, 2.24) is 4.98 Å². The zero-order chi connectivity index (χ0) is 19.8. The molecule has 5 rings (SSSR count). The van der Waals surface area contributed by atoms with Gasteiger partial charge >= 0.3 is 0 Å². The highest BCUT2D eigenvalue weighted by molar-refractivity contribution is 6.09. The van der Waals surface area contributed by atoms with Gasteiger partial charge in [-0.05, 0) is 61.4 Å². The van der Waals surface area contributed by atoms with Crippen LogP contribution in [0.15, 0.2) is 91.0 Å². The Hall–Kier alpha value is -3.65. The highest BCUT2D eigenvalue weighted by Gasteiger charge is 2.11. The van der Waals surface area contributed by atoms with Gasteiger partial charge in [-0.3, -0.25) is 0 Å². The van der Waals surface area contributed by atoms with Crippen molar-refractivity contribution < 1.29 is 0 Å². The third kappa shape index (κ3) is 3.34. The van der Waals surface area contributed by atoms with E-state index in [9.17, 15) is 0 Å². The summed E-state index contributed by atoms with van der Waals surface area (Å²) in [4.78, 5) is 4.93. The normalized spacial score (nSPS) is 11.1. The van der Waals surface area contributed by atoms with Crippen LogP contribution in [0.4, 0.5) is 11.4 Å². The van der Waals surface area contributed by atoms with E-state index >= 15 is 0 Å². The molecule has 0 saturated heterocycles. The second-order valence-corrected chi connectivity index (χ2v) is 7.60. The lowest BCUT2D eigenvalue weighted by atomic mass is 10.00. The highest BCUT2D eigenvalue weighted by Crippen LogP contribution is 2.36. The summed E-state index contributed by atoms with van der Waals surface area (Å²) in [5, 5.41) is 5.95. The number of fused-ring (bicyclic) bond motifs is 2. The minimum absolute atomic E-state index is 0.996. The summed E-state index contributed by atoms with van der Waals surface area (Å²) < 4.78 is 0. The summed E-state index contributed by atoms with van der Waals surface area (Å²) in [5.41, 5.74) is 9.07. The number of aryl methyl sites for hydroxylation is 2. The van der Waals surface area contributed by atoms with Crippen LogP contribution in [0.1, 0.15) is 11.1 Å². The molecule has 0 amide bonds. The van der Waals surface area contributed by atoms with Crippen molar-refractivity contribution in [1.29, 1.82) is 0 Å². The van der Waals surface area contributed by atoms with Gasteiger partial charge in [0.05, 0.1) is 16.7 Å². The minimum Gasteiger partial charge on any atom is -0.354 e. The van der Waals surface area contributed by atoms with Crippen LogP contribution in [0.2, 0.25) is 0 Å². The Morgan fingerprint density at radius 2 is 1.24 bits per heavy atom. The lowest BCUT2D eigenvalue weighted by Gasteiger charge is -2.15. The van der Waals surface area contributed by atoms with Crippen molar-refractivity contribution in [2.24, 2.45) is 0 Å². The Morgan fingerprint density at radius 1 is 0.586 bits per heavy atom. The molecule has 5 aromatic rings. The number of nitrogens with zero attached hydrogens (tertiary/aromatic N) is 1. The molecule has 29 heavy (non-hydrogen) atoms. The van der Waals surface area contributed by atoms with Crippen LogP contribution in [-0.4, -0.2) is 4.98 Å². The predicted molar refractivity (Wildman–Crippen MR) is 124 cm³/mol. The second kappa shape index (κ2) is 7.06. The number of anilines is 2. The van der Waals surface area contributed by atoms with E-state index in [1.165, 1.54) is 22.3 Å². The molecule has 2 heteroatoms. The fourth-order valence-corrected chi connectivity index (χ4v) is 3.78. The van der Waals surface area contributed by atoms with E-state index in [2.05, 4.69) is 104 Å². The Balaban J connectivity index is 1.77. The molecule has 0 spiro atoms. The van der Waals surface area contributed by atoms with Crippen molar-refractivity contribution in [3.63, 3.8) is 0 Å². The van der Waals surface area contributed by atoms with Gasteiger partial charge in [-0.15, -0.1) is 0 Å². The summed E-state index contributed by atoms with van der Waals surface area (Å²) in [5.74, 6) is 0. The molecule has 0 aliphatic rings. The van der Waals surface area contributed by atoms with Crippen molar-refractivity contribution in [3.8, 4) is 11.1 Å². The quantitative estimate of drug-likeness (QED) is 0.332. The number of rotatable bonds is 3. The first-order valence-corrected chi connectivity index (χ1v) is 9.91. The van der Waals surface area contributed by atoms with Crippen molar-refractivity contribution in [2.75, 3.05) is 5.32 Å². The van der Waals surface area contributed by atoms with Gasteiger partial charge in [-0.25, -0.2) is 4.98 Å². The van der Waals surface area contributed by atoms with Gasteiger partial charge in [0.25, 0.3) is 0 Å². The van der Waals surface area contributed by atoms with E-state index in [1.807, 2.05) is 6.07 Å². The predicted octanol–water partition coefficient (Wildman–Crippen LogP) is 7.42. The van der Waals surface area contributed by atoms with E-state index in [0.717, 1.165) is 33.2 Å². The Kier molecular flexibility index (Phi) is 4.25. The van der Waals surface area contributed by atoms with Gasteiger partial charge < -0.3 is 5.32 Å². The maximum atomic E-state index is 4.93. The van der Waals surface area contributed by atoms with E-state index in [1.54, 1.807) is 0 Å². The van der Waals surface area contributed by atoms with Crippen LogP contribution in [0.25, 0.3) is 32.9 Å². The Bertz CT molecular complexity index is 1320. The van der Waals surface area contributed by atoms with Gasteiger partial charge in [0.1, 0.15) is 0 Å². The number of pyridine rings is 1. The number of aromatic nitrogens is 1. The molecule has 0 fully saturated rings. The molecule has 1 N–H and O–H groups in total. The Labute approximate surface area is 170 Å². The van der Waals surface area contributed by atoms with E-state index in [4.69, 9.17) is 4.98 Å². The standard InChI is InChI=1S/C27H22N2/c1-18-8-12-22(13-9-18)28-27-23-16-19(2)10-14-25(23)29-26-15-11-21(17-24(26)27)20-6-4-3-5-7-20/h3-17H,1-2H3,(H,28,29). The molecular weight excluding hydrogens is 352 g/mol. The molecule has 0 unspecified atom stereocenters. The fourth-order valence-electron chi connectivity index (χ4n) is 3.78. The molecule has 0 radical (unpaired) electrons. The molecule has 0 aliphatic heterocycles. The van der Waals surface area contributed by atoms with Crippen molar-refractivity contribution in [2.45, 2.75) is 13.8 Å². The molecule has 1 heterocycles. The zero-order valence-electron chi connectivity index (χ0n) is 16.6. The highest BCUT2D eigenvalue weighted by atomic mass is 14.9. The van der Waals surface area contributed by atoms with E-state index in [-0.39, 0.29) is 0 Å². The second-order valence-electron chi connectivity index (χ2n) is 7.60. The first-order valence-electron chi connectivity index (χ1n) is 9.91. The van der Waals surface area contributed by atoms with Gasteiger partial charge in [-0.2, -0.15) is 0 Å². The van der Waals surface area contributed by atoms with Crippen LogP contribution < -0.4 is 5.32 Å². The lowest BCUT2D eigenvalue weighted by molar-refractivity contribution is 1.43. The van der Waals surface area contributed by atoms with Crippen LogP contribution in [0.5, 0.6) is 0 Å². The van der Waals surface area contributed by atoms with Crippen LogP contribution in [0.3, 0.4) is 0 Å². The molecule has 0 atom stereocenters. The summed E-state index contributed by atoms with van der Waals surface area (Å²) in [7, 11) is 0. The first-order chi connectivity index (χ1) is 14.2. The third-order valence-electron chi connectivity index (χ3n) is 5.36. The summed E-state index contributed by atoms with van der Waals surface area (Å²) in [6.45, 7) is 4.23. The summed E-state index contributed by atoms with van der Waals surface area (Å²) >= 11 is 0. The van der Waals surface area contributed by atoms with Crippen LogP contribution in [-0.2, 0) is 0 Å². The summed E-state index contributed by atoms with van der Waals surface area (Å²) in [6.07, 6.45) is 0. The molecule has 0 saturated carbocycles. The molecule has 1 aromatic heterocycles. The van der Waals surface area contributed by atoms with Gasteiger partial charge in [-0.1, -0.05) is 65.7 Å². The Morgan fingerprint density at radius 3 is 2.00 bits per heavy atom. The fraction of sp³-hybridized carbons (Fsp3) is 0.0741. The largest absolute Gasteiger partial charge is 0.354 e. The van der Waals surface area contributed by atoms with Crippen molar-refractivity contribution >= 4 is 33.2 Å². The van der Waals surface area contributed by atoms with Gasteiger partial charge in [0.2, 0.25) is 0 Å². The van der Waals surface area contributed by atoms with Crippen molar-refractivity contribution in [3.05, 3.63) is 102 Å². The molecule has 2 nitrogen and oxygen atoms in total. The van der Waals surface area contributed by atoms with Gasteiger partial charge in [0.15, 0.2) is 0 Å². The zero-order valence-corrected chi connectivity index (χ0v) is 16.6. The smallest absolute Gasteiger partial charge is 0.0731 e. The topological polar surface area (TPSA) is 24.9 Å². The van der Waals surface area contributed by atoms with E-state index in [0.29, 0.717) is 0 Å².